The van der Waals surface area contributed by atoms with Crippen LogP contribution >= 0.6 is 0 Å². The van der Waals surface area contributed by atoms with E-state index in [4.69, 9.17) is 5.73 Å². The highest BCUT2D eigenvalue weighted by Gasteiger charge is 2.08. The molecule has 0 bridgehead atoms. The standard InChI is InChI=1S/C15H18N6/c1-2-3-8-17-14-6-7-15-19-10-12(21(15)20-14)11-4-5-13(16)18-9-11/h4-7,9-10H,2-3,8H2,1H3,(H2,16,18)(H,17,20). The van der Waals surface area contributed by atoms with Gasteiger partial charge in [-0.25, -0.2) is 14.5 Å². The van der Waals surface area contributed by atoms with Crippen LogP contribution in [0.1, 0.15) is 19.8 Å². The van der Waals surface area contributed by atoms with Crippen LogP contribution in [-0.4, -0.2) is 26.1 Å². The second kappa shape index (κ2) is 5.78. The molecule has 108 valence electrons. The molecule has 0 saturated carbocycles. The van der Waals surface area contributed by atoms with Gasteiger partial charge in [0.25, 0.3) is 0 Å². The van der Waals surface area contributed by atoms with Gasteiger partial charge in [-0.1, -0.05) is 13.3 Å². The molecular weight excluding hydrogens is 264 g/mol. The van der Waals surface area contributed by atoms with E-state index in [1.807, 2.05) is 22.7 Å². The number of fused-ring (bicyclic) bond motifs is 1. The van der Waals surface area contributed by atoms with Crippen molar-refractivity contribution in [3.63, 3.8) is 0 Å². The Bertz CT molecular complexity index is 732. The number of anilines is 2. The number of hydrogen-bond acceptors (Lipinski definition) is 5. The molecule has 0 atom stereocenters. The summed E-state index contributed by atoms with van der Waals surface area (Å²) in [5.41, 5.74) is 8.27. The van der Waals surface area contributed by atoms with Crippen molar-refractivity contribution < 1.29 is 0 Å². The maximum atomic E-state index is 5.63. The minimum atomic E-state index is 0.502. The molecular formula is C15H18N6. The Labute approximate surface area is 123 Å². The molecule has 6 nitrogen and oxygen atoms in total. The van der Waals surface area contributed by atoms with E-state index in [1.165, 1.54) is 0 Å². The van der Waals surface area contributed by atoms with E-state index in [-0.39, 0.29) is 0 Å². The zero-order valence-corrected chi connectivity index (χ0v) is 12.0. The fourth-order valence-electron chi connectivity index (χ4n) is 2.11. The normalized spacial score (nSPS) is 10.9. The van der Waals surface area contributed by atoms with Gasteiger partial charge in [-0.3, -0.25) is 0 Å². The number of nitrogens with two attached hydrogens (primary N) is 1. The minimum Gasteiger partial charge on any atom is -0.384 e. The van der Waals surface area contributed by atoms with Gasteiger partial charge in [-0.15, -0.1) is 5.10 Å². The lowest BCUT2D eigenvalue weighted by molar-refractivity contribution is 0.823. The smallest absolute Gasteiger partial charge is 0.154 e. The highest BCUT2D eigenvalue weighted by molar-refractivity contribution is 5.63. The van der Waals surface area contributed by atoms with Gasteiger partial charge in [-0.05, 0) is 30.7 Å². The van der Waals surface area contributed by atoms with Crippen molar-refractivity contribution in [3.05, 3.63) is 36.7 Å². The Morgan fingerprint density at radius 3 is 2.81 bits per heavy atom. The first kappa shape index (κ1) is 13.4. The zero-order valence-electron chi connectivity index (χ0n) is 12.0. The van der Waals surface area contributed by atoms with Gasteiger partial charge in [0.2, 0.25) is 0 Å². The maximum Gasteiger partial charge on any atom is 0.154 e. The monoisotopic (exact) mass is 282 g/mol. The van der Waals surface area contributed by atoms with Gasteiger partial charge in [0.1, 0.15) is 11.6 Å². The Kier molecular flexibility index (Phi) is 3.68. The van der Waals surface area contributed by atoms with Crippen molar-refractivity contribution >= 4 is 17.3 Å². The first-order chi connectivity index (χ1) is 10.3. The van der Waals surface area contributed by atoms with Crippen LogP contribution in [0.3, 0.4) is 0 Å². The Balaban J connectivity index is 1.95. The second-order valence-electron chi connectivity index (χ2n) is 4.88. The van der Waals surface area contributed by atoms with Crippen LogP contribution in [0.4, 0.5) is 11.6 Å². The lowest BCUT2D eigenvalue weighted by Crippen LogP contribution is -2.05. The van der Waals surface area contributed by atoms with Gasteiger partial charge in [-0.2, -0.15) is 0 Å². The number of imidazole rings is 1. The summed E-state index contributed by atoms with van der Waals surface area (Å²) in [7, 11) is 0. The van der Waals surface area contributed by atoms with Gasteiger partial charge >= 0.3 is 0 Å². The quantitative estimate of drug-likeness (QED) is 0.703. The molecule has 3 heterocycles. The molecule has 0 unspecified atom stereocenters. The number of pyridine rings is 1. The lowest BCUT2D eigenvalue weighted by atomic mass is 10.2. The third-order valence-electron chi connectivity index (χ3n) is 3.28. The molecule has 0 saturated heterocycles. The number of nitrogens with zero attached hydrogens (tertiary/aromatic N) is 4. The first-order valence-corrected chi connectivity index (χ1v) is 7.08. The Hall–Kier alpha value is -2.63. The van der Waals surface area contributed by atoms with E-state index in [9.17, 15) is 0 Å². The van der Waals surface area contributed by atoms with Gasteiger partial charge in [0.05, 0.1) is 11.9 Å². The summed E-state index contributed by atoms with van der Waals surface area (Å²) in [4.78, 5) is 8.49. The molecule has 3 rings (SSSR count). The molecule has 0 aliphatic rings. The Morgan fingerprint density at radius 1 is 1.14 bits per heavy atom. The number of nitrogen functional groups attached to an aromatic ring is 1. The number of nitrogens with one attached hydrogen (secondary N) is 1. The van der Waals surface area contributed by atoms with Crippen molar-refractivity contribution in [2.75, 3.05) is 17.6 Å². The average Bonchev–Trinajstić information content (AvgIpc) is 2.92. The summed E-state index contributed by atoms with van der Waals surface area (Å²) in [6, 6.07) is 7.60. The molecule has 0 aromatic carbocycles. The van der Waals surface area contributed by atoms with Gasteiger partial charge < -0.3 is 11.1 Å². The highest BCUT2D eigenvalue weighted by Crippen LogP contribution is 2.20. The van der Waals surface area contributed by atoms with E-state index >= 15 is 0 Å². The van der Waals surface area contributed by atoms with Crippen LogP contribution in [0.25, 0.3) is 16.9 Å². The molecule has 0 amide bonds. The van der Waals surface area contributed by atoms with E-state index < -0.39 is 0 Å². The largest absolute Gasteiger partial charge is 0.384 e. The number of aromatic nitrogens is 4. The topological polar surface area (TPSA) is 81.1 Å². The molecule has 3 aromatic heterocycles. The fraction of sp³-hybridized carbons (Fsp3) is 0.267. The molecule has 3 N–H and O–H groups in total. The van der Waals surface area contributed by atoms with Crippen LogP contribution in [0, 0.1) is 0 Å². The predicted octanol–water partition coefficient (Wildman–Crippen LogP) is 2.59. The van der Waals surface area contributed by atoms with Crippen molar-refractivity contribution in [1.29, 1.82) is 0 Å². The van der Waals surface area contributed by atoms with Crippen LogP contribution in [0.15, 0.2) is 36.7 Å². The third kappa shape index (κ3) is 2.79. The first-order valence-electron chi connectivity index (χ1n) is 7.08. The molecule has 3 aromatic rings. The maximum absolute atomic E-state index is 5.63. The van der Waals surface area contributed by atoms with Crippen molar-refractivity contribution in [1.82, 2.24) is 19.6 Å². The van der Waals surface area contributed by atoms with Crippen LogP contribution in [0.5, 0.6) is 0 Å². The van der Waals surface area contributed by atoms with Crippen molar-refractivity contribution in [3.8, 4) is 11.3 Å². The Morgan fingerprint density at radius 2 is 2.05 bits per heavy atom. The fourth-order valence-corrected chi connectivity index (χ4v) is 2.11. The number of hydrogen-bond donors (Lipinski definition) is 2. The molecule has 0 aliphatic carbocycles. The van der Waals surface area contributed by atoms with E-state index in [0.29, 0.717) is 5.82 Å². The van der Waals surface area contributed by atoms with Crippen molar-refractivity contribution in [2.24, 2.45) is 0 Å². The minimum absolute atomic E-state index is 0.502. The third-order valence-corrected chi connectivity index (χ3v) is 3.28. The van der Waals surface area contributed by atoms with Gasteiger partial charge in [0.15, 0.2) is 5.65 Å². The SMILES string of the molecule is CCCCNc1ccc2ncc(-c3ccc(N)nc3)n2n1. The zero-order chi connectivity index (χ0) is 14.7. The molecule has 21 heavy (non-hydrogen) atoms. The van der Waals surface area contributed by atoms with E-state index in [0.717, 1.165) is 42.1 Å². The molecule has 6 heteroatoms. The van der Waals surface area contributed by atoms with Crippen molar-refractivity contribution in [2.45, 2.75) is 19.8 Å². The molecule has 0 aliphatic heterocycles. The highest BCUT2D eigenvalue weighted by atomic mass is 15.3. The predicted molar refractivity (Wildman–Crippen MR) is 84.0 cm³/mol. The number of unbranched alkanes of at least 4 members (excludes halogenated alkanes) is 1. The van der Waals surface area contributed by atoms with E-state index in [1.54, 1.807) is 18.5 Å². The van der Waals surface area contributed by atoms with Crippen LogP contribution in [-0.2, 0) is 0 Å². The molecule has 0 spiro atoms. The number of rotatable bonds is 5. The molecule has 0 radical (unpaired) electrons. The van der Waals surface area contributed by atoms with Crippen LogP contribution < -0.4 is 11.1 Å². The summed E-state index contributed by atoms with van der Waals surface area (Å²) >= 11 is 0. The summed E-state index contributed by atoms with van der Waals surface area (Å²) in [6.45, 7) is 3.09. The van der Waals surface area contributed by atoms with E-state index in [2.05, 4.69) is 27.3 Å². The van der Waals surface area contributed by atoms with Gasteiger partial charge in [0, 0.05) is 18.3 Å². The lowest BCUT2D eigenvalue weighted by Gasteiger charge is -2.06. The summed E-state index contributed by atoms with van der Waals surface area (Å²) in [6.07, 6.45) is 5.81. The second-order valence-corrected chi connectivity index (χ2v) is 4.88. The molecule has 0 fully saturated rings. The summed E-state index contributed by atoms with van der Waals surface area (Å²) < 4.78 is 1.82. The summed E-state index contributed by atoms with van der Waals surface area (Å²) in [5, 5.41) is 7.91. The van der Waals surface area contributed by atoms with Crippen LogP contribution in [0.2, 0.25) is 0 Å². The average molecular weight is 282 g/mol. The summed E-state index contributed by atoms with van der Waals surface area (Å²) in [5.74, 6) is 1.35.